The first-order chi connectivity index (χ1) is 19.0. The maximum Gasteiger partial charge on any atom is 0.269 e. The van der Waals surface area contributed by atoms with E-state index in [1.54, 1.807) is 28.8 Å². The highest BCUT2D eigenvalue weighted by Crippen LogP contribution is 2.51. The summed E-state index contributed by atoms with van der Waals surface area (Å²) in [7, 11) is 1.98. The van der Waals surface area contributed by atoms with Crippen LogP contribution in [0.5, 0.6) is 0 Å². The number of aryl methyl sites for hydroxylation is 1. The highest BCUT2D eigenvalue weighted by molar-refractivity contribution is 8.19. The number of unbranched alkanes of at least 4 members (excludes halogenated alkanes) is 1. The molecule has 2 heterocycles. The molecule has 2 aliphatic heterocycles. The number of aliphatic imine (C=N–C) groups is 1. The summed E-state index contributed by atoms with van der Waals surface area (Å²) in [5, 5.41) is 23.0. The van der Waals surface area contributed by atoms with Gasteiger partial charge in [-0.25, -0.2) is 4.99 Å². The smallest absolute Gasteiger partial charge is 0.269 e. The Morgan fingerprint density at radius 2 is 1.85 bits per heavy atom. The van der Waals surface area contributed by atoms with E-state index in [1.807, 2.05) is 56.4 Å². The first kappa shape index (κ1) is 26.4. The van der Waals surface area contributed by atoms with Crippen molar-refractivity contribution in [3.63, 3.8) is 0 Å². The van der Waals surface area contributed by atoms with Gasteiger partial charge in [0.15, 0.2) is 5.17 Å². The molecule has 3 aromatic rings. The maximum absolute atomic E-state index is 13.9. The van der Waals surface area contributed by atoms with Gasteiger partial charge in [0.25, 0.3) is 5.91 Å². The van der Waals surface area contributed by atoms with E-state index >= 15 is 0 Å². The second-order valence-corrected chi connectivity index (χ2v) is 11.2. The zero-order chi connectivity index (χ0) is 27.4. The minimum Gasteiger partial charge on any atom is -0.385 e. The van der Waals surface area contributed by atoms with Crippen LogP contribution >= 0.6 is 23.5 Å². The summed E-state index contributed by atoms with van der Waals surface area (Å²) in [6.45, 7) is 3.08. The molecular weight excluding hydrogens is 525 g/mol. The number of nitriles is 2. The molecule has 7 nitrogen and oxygen atoms in total. The minimum absolute atomic E-state index is 0.0892. The van der Waals surface area contributed by atoms with Gasteiger partial charge in [0.1, 0.15) is 4.91 Å². The molecule has 1 amide bonds. The lowest BCUT2D eigenvalue weighted by molar-refractivity contribution is -0.122. The van der Waals surface area contributed by atoms with E-state index in [0.29, 0.717) is 34.3 Å². The predicted octanol–water partition coefficient (Wildman–Crippen LogP) is 6.76. The van der Waals surface area contributed by atoms with Crippen molar-refractivity contribution in [2.75, 3.05) is 23.8 Å². The van der Waals surface area contributed by atoms with Crippen LogP contribution in [0.2, 0.25) is 0 Å². The first-order valence-electron chi connectivity index (χ1n) is 12.5. The van der Waals surface area contributed by atoms with Crippen LogP contribution in [-0.2, 0) is 11.3 Å². The van der Waals surface area contributed by atoms with Crippen molar-refractivity contribution in [1.82, 2.24) is 4.90 Å². The van der Waals surface area contributed by atoms with Gasteiger partial charge in [-0.3, -0.25) is 9.69 Å². The van der Waals surface area contributed by atoms with Crippen LogP contribution < -0.4 is 10.2 Å². The Morgan fingerprint density at radius 3 is 2.62 bits per heavy atom. The molecule has 0 aromatic heterocycles. The van der Waals surface area contributed by atoms with Gasteiger partial charge < -0.3 is 10.2 Å². The summed E-state index contributed by atoms with van der Waals surface area (Å²) < 4.78 is 0. The number of amides is 1. The first-order valence-corrected chi connectivity index (χ1v) is 14.2. The van der Waals surface area contributed by atoms with Gasteiger partial charge in [0.2, 0.25) is 0 Å². The van der Waals surface area contributed by atoms with Crippen molar-refractivity contribution in [1.29, 1.82) is 10.5 Å². The summed E-state index contributed by atoms with van der Waals surface area (Å²) in [6.07, 6.45) is 1.31. The highest BCUT2D eigenvalue weighted by atomic mass is 32.2. The van der Waals surface area contributed by atoms with Crippen molar-refractivity contribution in [2.24, 2.45) is 4.99 Å². The number of nitrogens with zero attached hydrogens (tertiary/aromatic N) is 5. The molecule has 1 saturated heterocycles. The average molecular weight is 551 g/mol. The lowest BCUT2D eigenvalue weighted by Crippen LogP contribution is -2.29. The van der Waals surface area contributed by atoms with E-state index in [2.05, 4.69) is 34.5 Å². The number of thioether (sulfide) groups is 2. The second kappa shape index (κ2) is 11.7. The fourth-order valence-electron chi connectivity index (χ4n) is 4.29. The van der Waals surface area contributed by atoms with Crippen LogP contribution in [0.3, 0.4) is 0 Å². The standard InChI is InChI=1S/C30H26N6OS2/c1-20-10-11-22(18-32)16-24(20)34-30-36(19-21-8-4-3-5-9-21)28(37)27(39-30)29-35(2)25-13-12-23(17-26(25)38-29)33-15-7-6-14-31/h3-5,8-13,16-17,33H,6-7,15,19H2,1-2H3/b29-27-,34-30?. The van der Waals surface area contributed by atoms with Crippen LogP contribution in [0.25, 0.3) is 0 Å². The normalized spacial score (nSPS) is 17.3. The van der Waals surface area contributed by atoms with Gasteiger partial charge in [-0.2, -0.15) is 10.5 Å². The fraction of sp³-hybridized carbons (Fsp3) is 0.200. The number of carbonyl (C=O) groups is 1. The number of carbonyl (C=O) groups excluding carboxylic acids is 1. The van der Waals surface area contributed by atoms with E-state index < -0.39 is 0 Å². The average Bonchev–Trinajstić information content (AvgIpc) is 3.43. The van der Waals surface area contributed by atoms with Gasteiger partial charge in [0.05, 0.1) is 40.7 Å². The van der Waals surface area contributed by atoms with Crippen LogP contribution in [0, 0.1) is 29.6 Å². The highest BCUT2D eigenvalue weighted by Gasteiger charge is 2.39. The molecule has 3 aromatic carbocycles. The predicted molar refractivity (Wildman–Crippen MR) is 159 cm³/mol. The number of amidine groups is 1. The summed E-state index contributed by atoms with van der Waals surface area (Å²) in [4.78, 5) is 24.3. The van der Waals surface area contributed by atoms with Crippen molar-refractivity contribution in [3.05, 3.63) is 93.4 Å². The molecule has 2 aliphatic rings. The number of fused-ring (bicyclic) bond motifs is 1. The van der Waals surface area contributed by atoms with Gasteiger partial charge >= 0.3 is 0 Å². The van der Waals surface area contributed by atoms with Crippen LogP contribution in [-0.4, -0.2) is 29.6 Å². The summed E-state index contributed by atoms with van der Waals surface area (Å²) >= 11 is 2.95. The van der Waals surface area contributed by atoms with Crippen LogP contribution in [0.15, 0.2) is 86.6 Å². The zero-order valence-electron chi connectivity index (χ0n) is 21.6. The molecule has 0 aliphatic carbocycles. The monoisotopic (exact) mass is 550 g/mol. The van der Waals surface area contributed by atoms with Crippen LogP contribution in [0.1, 0.15) is 29.5 Å². The molecule has 1 fully saturated rings. The molecule has 0 radical (unpaired) electrons. The molecular formula is C30H26N6OS2. The summed E-state index contributed by atoms with van der Waals surface area (Å²) in [5.74, 6) is -0.0892. The van der Waals surface area contributed by atoms with Gasteiger partial charge in [-0.05, 0) is 66.6 Å². The summed E-state index contributed by atoms with van der Waals surface area (Å²) in [5.41, 5.74) is 5.18. The maximum atomic E-state index is 13.9. The number of hydrogen-bond acceptors (Lipinski definition) is 8. The van der Waals surface area contributed by atoms with Crippen LogP contribution in [0.4, 0.5) is 17.1 Å². The number of nitrogens with one attached hydrogen (secondary N) is 1. The van der Waals surface area contributed by atoms with Crippen molar-refractivity contribution < 1.29 is 4.79 Å². The topological polar surface area (TPSA) is 95.5 Å². The van der Waals surface area contributed by atoms with Crippen molar-refractivity contribution in [2.45, 2.75) is 31.2 Å². The largest absolute Gasteiger partial charge is 0.385 e. The van der Waals surface area contributed by atoms with E-state index in [4.69, 9.17) is 10.3 Å². The molecule has 1 N–H and O–H groups in total. The molecule has 0 bridgehead atoms. The Balaban J connectivity index is 1.49. The van der Waals surface area contributed by atoms with E-state index in [9.17, 15) is 10.1 Å². The Bertz CT molecular complexity index is 1570. The third-order valence-corrected chi connectivity index (χ3v) is 8.84. The summed E-state index contributed by atoms with van der Waals surface area (Å²) in [6, 6.07) is 25.8. The second-order valence-electron chi connectivity index (χ2n) is 9.15. The number of anilines is 2. The SMILES string of the molecule is Cc1ccc(C#N)cc1N=C1S/C(=C2\Sc3cc(NCCCC#N)ccc3N2C)C(=O)N1Cc1ccccc1. The number of benzene rings is 3. The van der Waals surface area contributed by atoms with Crippen molar-refractivity contribution >= 4 is 51.7 Å². The van der Waals surface area contributed by atoms with Gasteiger partial charge in [-0.15, -0.1) is 0 Å². The molecule has 0 unspecified atom stereocenters. The number of rotatable bonds is 7. The van der Waals surface area contributed by atoms with Gasteiger partial charge in [0, 0.05) is 30.6 Å². The lowest BCUT2D eigenvalue weighted by atomic mass is 10.1. The fourth-order valence-corrected chi connectivity index (χ4v) is 6.66. The molecule has 0 saturated carbocycles. The third-order valence-electron chi connectivity index (χ3n) is 6.42. The number of hydrogen-bond donors (Lipinski definition) is 1. The van der Waals surface area contributed by atoms with Gasteiger partial charge in [-0.1, -0.05) is 48.2 Å². The minimum atomic E-state index is -0.0892. The molecule has 194 valence electrons. The molecule has 5 rings (SSSR count). The molecule has 0 atom stereocenters. The Labute approximate surface area is 236 Å². The van der Waals surface area contributed by atoms with E-state index in [0.717, 1.165) is 45.4 Å². The molecule has 39 heavy (non-hydrogen) atoms. The Morgan fingerprint density at radius 1 is 1.03 bits per heavy atom. The van der Waals surface area contributed by atoms with E-state index in [-0.39, 0.29) is 5.91 Å². The third kappa shape index (κ3) is 5.65. The quantitative estimate of drug-likeness (QED) is 0.257. The Hall–Kier alpha value is -4.18. The molecule has 0 spiro atoms. The Kier molecular flexibility index (Phi) is 7.92. The van der Waals surface area contributed by atoms with E-state index in [1.165, 1.54) is 11.8 Å². The molecule has 9 heteroatoms. The van der Waals surface area contributed by atoms with Crippen molar-refractivity contribution in [3.8, 4) is 12.1 Å². The zero-order valence-corrected chi connectivity index (χ0v) is 23.3. The lowest BCUT2D eigenvalue weighted by Gasteiger charge is -2.17.